The van der Waals surface area contributed by atoms with Crippen molar-refractivity contribution in [3.63, 3.8) is 0 Å². The normalized spacial score (nSPS) is 29.0. The van der Waals surface area contributed by atoms with Crippen molar-refractivity contribution in [3.8, 4) is 0 Å². The maximum absolute atomic E-state index is 12.7. The van der Waals surface area contributed by atoms with E-state index in [2.05, 4.69) is 5.32 Å². The first-order chi connectivity index (χ1) is 10.1. The number of aliphatic hydroxyl groups is 1. The van der Waals surface area contributed by atoms with Crippen LogP contribution in [0.1, 0.15) is 18.4 Å². The number of carbonyl (C=O) groups excluding carboxylic acids is 2. The molecular weight excluding hydrogens is 272 g/mol. The van der Waals surface area contributed by atoms with E-state index in [4.69, 9.17) is 4.74 Å². The van der Waals surface area contributed by atoms with E-state index in [0.29, 0.717) is 19.4 Å². The summed E-state index contributed by atoms with van der Waals surface area (Å²) in [6.45, 7) is 0.258. The van der Waals surface area contributed by atoms with Crippen molar-refractivity contribution in [2.45, 2.75) is 31.2 Å². The van der Waals surface area contributed by atoms with Crippen LogP contribution in [0.25, 0.3) is 0 Å². The van der Waals surface area contributed by atoms with Crippen LogP contribution in [-0.2, 0) is 20.9 Å². The third-order valence-electron chi connectivity index (χ3n) is 3.91. The molecule has 2 heterocycles. The number of hydrogen-bond acceptors (Lipinski definition) is 4. The van der Waals surface area contributed by atoms with Gasteiger partial charge in [-0.3, -0.25) is 9.59 Å². The predicted molar refractivity (Wildman–Crippen MR) is 73.9 cm³/mol. The van der Waals surface area contributed by atoms with E-state index in [0.717, 1.165) is 5.56 Å². The van der Waals surface area contributed by atoms with Gasteiger partial charge in [0.1, 0.15) is 6.54 Å². The number of piperazine rings is 1. The van der Waals surface area contributed by atoms with E-state index in [1.165, 1.54) is 4.90 Å². The van der Waals surface area contributed by atoms with E-state index in [9.17, 15) is 14.7 Å². The highest BCUT2D eigenvalue weighted by atomic mass is 16.5. The summed E-state index contributed by atoms with van der Waals surface area (Å²) in [6.07, 6.45) is 0.557. The Hall–Kier alpha value is -1.92. The zero-order valence-electron chi connectivity index (χ0n) is 11.6. The lowest BCUT2D eigenvalue weighted by atomic mass is 10.0. The summed E-state index contributed by atoms with van der Waals surface area (Å²) in [5.41, 5.74) is -0.329. The van der Waals surface area contributed by atoms with Crippen LogP contribution in [0, 0.1) is 0 Å². The van der Waals surface area contributed by atoms with Gasteiger partial charge in [-0.25, -0.2) is 0 Å². The Morgan fingerprint density at radius 3 is 2.76 bits per heavy atom. The molecule has 0 aromatic heterocycles. The van der Waals surface area contributed by atoms with E-state index < -0.39 is 11.8 Å². The Labute approximate surface area is 122 Å². The molecule has 1 spiro atoms. The Balaban J connectivity index is 1.79. The molecule has 0 saturated carbocycles. The molecule has 0 aliphatic carbocycles. The highest BCUT2D eigenvalue weighted by molar-refractivity contribution is 5.97. The molecular formula is C15H18N2O4. The van der Waals surface area contributed by atoms with E-state index in [-0.39, 0.29) is 25.0 Å². The van der Waals surface area contributed by atoms with Gasteiger partial charge in [0.25, 0.3) is 5.91 Å². The van der Waals surface area contributed by atoms with Crippen molar-refractivity contribution in [1.82, 2.24) is 10.2 Å². The first-order valence-corrected chi connectivity index (χ1v) is 7.06. The van der Waals surface area contributed by atoms with Crippen molar-refractivity contribution < 1.29 is 19.4 Å². The second-order valence-electron chi connectivity index (χ2n) is 5.48. The first-order valence-electron chi connectivity index (χ1n) is 7.06. The third-order valence-corrected chi connectivity index (χ3v) is 3.91. The molecule has 6 nitrogen and oxygen atoms in total. The summed E-state index contributed by atoms with van der Waals surface area (Å²) in [5.74, 6) is -0.467. The fourth-order valence-corrected chi connectivity index (χ4v) is 2.89. The molecule has 1 aromatic carbocycles. The lowest BCUT2D eigenvalue weighted by Gasteiger charge is -2.39. The minimum Gasteiger partial charge on any atom is -0.394 e. The van der Waals surface area contributed by atoms with E-state index >= 15 is 0 Å². The molecule has 2 atom stereocenters. The zero-order valence-corrected chi connectivity index (χ0v) is 11.6. The number of ether oxygens (including phenoxy) is 1. The number of nitrogens with zero attached hydrogens (tertiary/aromatic N) is 1. The molecule has 6 heteroatoms. The molecule has 2 amide bonds. The highest BCUT2D eigenvalue weighted by Crippen LogP contribution is 2.32. The number of hydrogen-bond donors (Lipinski definition) is 2. The molecule has 2 N–H and O–H groups in total. The Bertz CT molecular complexity index is 548. The fraction of sp³-hybridized carbons (Fsp3) is 0.467. The van der Waals surface area contributed by atoms with Crippen LogP contribution in [0.4, 0.5) is 0 Å². The minimum absolute atomic E-state index is 0.0304. The van der Waals surface area contributed by atoms with Gasteiger partial charge >= 0.3 is 0 Å². The number of carbonyl (C=O) groups is 2. The summed E-state index contributed by atoms with van der Waals surface area (Å²) >= 11 is 0. The molecule has 0 radical (unpaired) electrons. The monoisotopic (exact) mass is 290 g/mol. The van der Waals surface area contributed by atoms with Gasteiger partial charge in [0.05, 0.1) is 12.7 Å². The summed E-state index contributed by atoms with van der Waals surface area (Å²) in [4.78, 5) is 26.1. The van der Waals surface area contributed by atoms with Crippen LogP contribution in [-0.4, -0.2) is 46.8 Å². The number of benzene rings is 1. The molecule has 2 fully saturated rings. The van der Waals surface area contributed by atoms with Gasteiger partial charge in [0.15, 0.2) is 0 Å². The minimum atomic E-state index is -1.29. The van der Waals surface area contributed by atoms with Crippen LogP contribution < -0.4 is 5.32 Å². The number of rotatable bonds is 3. The van der Waals surface area contributed by atoms with Crippen LogP contribution in [0.5, 0.6) is 0 Å². The van der Waals surface area contributed by atoms with Gasteiger partial charge in [-0.1, -0.05) is 30.3 Å². The van der Waals surface area contributed by atoms with Crippen molar-refractivity contribution in [2.24, 2.45) is 0 Å². The number of amides is 2. The molecule has 0 bridgehead atoms. The Morgan fingerprint density at radius 1 is 1.33 bits per heavy atom. The molecule has 1 aromatic rings. The first kappa shape index (κ1) is 14.0. The summed E-state index contributed by atoms with van der Waals surface area (Å²) in [5, 5.41) is 11.8. The van der Waals surface area contributed by atoms with Crippen molar-refractivity contribution >= 4 is 11.8 Å². The highest BCUT2D eigenvalue weighted by Gasteiger charge is 2.52. The smallest absolute Gasteiger partial charge is 0.276 e. The van der Waals surface area contributed by atoms with Gasteiger partial charge in [-0.2, -0.15) is 0 Å². The average Bonchev–Trinajstić information content (AvgIpc) is 2.89. The van der Waals surface area contributed by atoms with Crippen LogP contribution in [0.3, 0.4) is 0 Å². The zero-order chi connectivity index (χ0) is 14.9. The average molecular weight is 290 g/mol. The molecule has 3 rings (SSSR count). The Morgan fingerprint density at radius 2 is 2.10 bits per heavy atom. The Kier molecular flexibility index (Phi) is 3.65. The second-order valence-corrected chi connectivity index (χ2v) is 5.48. The largest absolute Gasteiger partial charge is 0.394 e. The van der Waals surface area contributed by atoms with E-state index in [1.807, 2.05) is 30.3 Å². The molecule has 0 unspecified atom stereocenters. The molecule has 2 aliphatic heterocycles. The van der Waals surface area contributed by atoms with Gasteiger partial charge in [-0.05, 0) is 12.0 Å². The molecule has 2 aliphatic rings. The standard InChI is InChI=1S/C15H18N2O4/c18-10-12-6-7-15(21-12)14(20)17(9-13(19)16-15)8-11-4-2-1-3-5-11/h1-5,12,18H,6-10H2,(H,16,19)/t12-,15-/m0/s1. The second kappa shape index (κ2) is 5.46. The summed E-state index contributed by atoms with van der Waals surface area (Å²) in [6, 6.07) is 9.53. The van der Waals surface area contributed by atoms with Crippen molar-refractivity contribution in [2.75, 3.05) is 13.2 Å². The van der Waals surface area contributed by atoms with Gasteiger partial charge < -0.3 is 20.1 Å². The quantitative estimate of drug-likeness (QED) is 0.822. The maximum atomic E-state index is 12.7. The summed E-state index contributed by atoms with van der Waals surface area (Å²) < 4.78 is 5.62. The third kappa shape index (κ3) is 2.64. The lowest BCUT2D eigenvalue weighted by molar-refractivity contribution is -0.175. The topological polar surface area (TPSA) is 78.9 Å². The van der Waals surface area contributed by atoms with Crippen molar-refractivity contribution in [3.05, 3.63) is 35.9 Å². The van der Waals surface area contributed by atoms with Gasteiger partial charge in [0.2, 0.25) is 11.6 Å². The summed E-state index contributed by atoms with van der Waals surface area (Å²) in [7, 11) is 0. The number of aliphatic hydroxyl groups excluding tert-OH is 1. The van der Waals surface area contributed by atoms with Crippen LogP contribution in [0.2, 0.25) is 0 Å². The molecule has 2 saturated heterocycles. The van der Waals surface area contributed by atoms with Gasteiger partial charge in [-0.15, -0.1) is 0 Å². The SMILES string of the molecule is O=C1CN(Cc2ccccc2)C(=O)[C@@]2(CC[C@@H](CO)O2)N1. The number of nitrogens with one attached hydrogen (secondary N) is 1. The van der Waals surface area contributed by atoms with E-state index in [1.54, 1.807) is 0 Å². The van der Waals surface area contributed by atoms with Crippen LogP contribution in [0.15, 0.2) is 30.3 Å². The lowest BCUT2D eigenvalue weighted by Crippen LogP contribution is -2.66. The van der Waals surface area contributed by atoms with Crippen LogP contribution >= 0.6 is 0 Å². The van der Waals surface area contributed by atoms with Crippen molar-refractivity contribution in [1.29, 1.82) is 0 Å². The maximum Gasteiger partial charge on any atom is 0.276 e. The molecule has 112 valence electrons. The predicted octanol–water partition coefficient (Wildman–Crippen LogP) is 0.0126. The van der Waals surface area contributed by atoms with Gasteiger partial charge in [0, 0.05) is 13.0 Å². The fourth-order valence-electron chi connectivity index (χ4n) is 2.89. The molecule has 21 heavy (non-hydrogen) atoms.